The first-order valence-electron chi connectivity index (χ1n) is 5.18. The summed E-state index contributed by atoms with van der Waals surface area (Å²) in [6, 6.07) is 9.50. The number of ether oxygens (including phenoxy) is 1. The predicted molar refractivity (Wildman–Crippen MR) is 62.8 cm³/mol. The number of methoxy groups -OCH3 is 1. The maximum Gasteiger partial charge on any atom is 0.293 e. The molecule has 1 aromatic heterocycles. The van der Waals surface area contributed by atoms with Gasteiger partial charge in [-0.05, 0) is 29.8 Å². The zero-order chi connectivity index (χ0) is 12.3. The van der Waals surface area contributed by atoms with Crippen molar-refractivity contribution < 1.29 is 9.13 Å². The molecule has 1 heterocycles. The van der Waals surface area contributed by atoms with Gasteiger partial charge in [-0.15, -0.1) is 0 Å². The minimum Gasteiger partial charge on any atom is -0.491 e. The zero-order valence-corrected chi connectivity index (χ0v) is 9.39. The lowest BCUT2D eigenvalue weighted by atomic mass is 10.2. The molecule has 0 saturated heterocycles. The van der Waals surface area contributed by atoms with Gasteiger partial charge in [0.05, 0.1) is 13.7 Å². The second kappa shape index (κ2) is 4.82. The Balaban J connectivity index is 2.34. The molecular formula is C13H12FNO2. The molecule has 0 aliphatic heterocycles. The Kier molecular flexibility index (Phi) is 3.23. The summed E-state index contributed by atoms with van der Waals surface area (Å²) >= 11 is 0. The summed E-state index contributed by atoms with van der Waals surface area (Å²) in [5, 5.41) is 0. The van der Waals surface area contributed by atoms with Crippen LogP contribution in [0.4, 0.5) is 4.39 Å². The highest BCUT2D eigenvalue weighted by atomic mass is 19.1. The summed E-state index contributed by atoms with van der Waals surface area (Å²) in [6.45, 7) is 0.327. The highest BCUT2D eigenvalue weighted by Crippen LogP contribution is 2.06. The average Bonchev–Trinajstić information content (AvgIpc) is 2.32. The number of aromatic nitrogens is 1. The van der Waals surface area contributed by atoms with Gasteiger partial charge in [0.15, 0.2) is 5.75 Å². The van der Waals surface area contributed by atoms with Crippen molar-refractivity contribution in [2.75, 3.05) is 7.11 Å². The van der Waals surface area contributed by atoms with E-state index in [9.17, 15) is 9.18 Å². The predicted octanol–water partition coefficient (Wildman–Crippen LogP) is 2.04. The van der Waals surface area contributed by atoms with Crippen molar-refractivity contribution in [2.24, 2.45) is 0 Å². The second-order valence-corrected chi connectivity index (χ2v) is 3.64. The van der Waals surface area contributed by atoms with Gasteiger partial charge in [-0.2, -0.15) is 0 Å². The van der Waals surface area contributed by atoms with Crippen molar-refractivity contribution in [3.63, 3.8) is 0 Å². The molecule has 0 saturated carbocycles. The van der Waals surface area contributed by atoms with Gasteiger partial charge in [0.2, 0.25) is 0 Å². The van der Waals surface area contributed by atoms with Gasteiger partial charge in [-0.25, -0.2) is 4.39 Å². The molecule has 0 aliphatic carbocycles. The number of nitrogens with zero attached hydrogens (tertiary/aromatic N) is 1. The zero-order valence-electron chi connectivity index (χ0n) is 9.39. The maximum absolute atomic E-state index is 13.0. The second-order valence-electron chi connectivity index (χ2n) is 3.64. The molecule has 1 aromatic carbocycles. The van der Waals surface area contributed by atoms with E-state index in [4.69, 9.17) is 4.74 Å². The van der Waals surface area contributed by atoms with Crippen molar-refractivity contribution in [3.05, 3.63) is 64.3 Å². The number of benzene rings is 1. The molecule has 2 aromatic rings. The lowest BCUT2D eigenvalue weighted by Gasteiger charge is -2.07. The summed E-state index contributed by atoms with van der Waals surface area (Å²) in [5.41, 5.74) is 0.514. The van der Waals surface area contributed by atoms with Gasteiger partial charge >= 0.3 is 0 Å². The summed E-state index contributed by atoms with van der Waals surface area (Å²) in [7, 11) is 1.45. The van der Waals surface area contributed by atoms with Crippen molar-refractivity contribution in [1.82, 2.24) is 4.57 Å². The highest BCUT2D eigenvalue weighted by molar-refractivity contribution is 5.20. The molecular weight excluding hydrogens is 221 g/mol. The van der Waals surface area contributed by atoms with E-state index >= 15 is 0 Å². The fourth-order valence-corrected chi connectivity index (χ4v) is 1.63. The molecule has 0 aliphatic rings. The molecule has 0 spiro atoms. The molecule has 0 bridgehead atoms. The van der Waals surface area contributed by atoms with Crippen LogP contribution in [0.25, 0.3) is 0 Å². The monoisotopic (exact) mass is 233 g/mol. The smallest absolute Gasteiger partial charge is 0.293 e. The third-order valence-corrected chi connectivity index (χ3v) is 2.45. The summed E-state index contributed by atoms with van der Waals surface area (Å²) in [6.07, 6.45) is 1.65. The minimum absolute atomic E-state index is 0.223. The Morgan fingerprint density at radius 2 is 2.12 bits per heavy atom. The number of hydrogen-bond acceptors (Lipinski definition) is 2. The van der Waals surface area contributed by atoms with Crippen LogP contribution < -0.4 is 10.3 Å². The van der Waals surface area contributed by atoms with Crippen LogP contribution in [0.3, 0.4) is 0 Å². The average molecular weight is 233 g/mol. The largest absolute Gasteiger partial charge is 0.491 e. The normalized spacial score (nSPS) is 10.2. The first kappa shape index (κ1) is 11.4. The fourth-order valence-electron chi connectivity index (χ4n) is 1.63. The molecule has 0 unspecified atom stereocenters. The van der Waals surface area contributed by atoms with Crippen LogP contribution in [0.1, 0.15) is 5.56 Å². The Morgan fingerprint density at radius 1 is 1.29 bits per heavy atom. The lowest BCUT2D eigenvalue weighted by Crippen LogP contribution is -2.21. The lowest BCUT2D eigenvalue weighted by molar-refractivity contribution is 0.403. The number of hydrogen-bond donors (Lipinski definition) is 0. The van der Waals surface area contributed by atoms with Gasteiger partial charge in [0, 0.05) is 6.20 Å². The number of pyridine rings is 1. The van der Waals surface area contributed by atoms with E-state index in [0.717, 1.165) is 5.56 Å². The van der Waals surface area contributed by atoms with Crippen LogP contribution in [0.5, 0.6) is 5.75 Å². The molecule has 3 nitrogen and oxygen atoms in total. The van der Waals surface area contributed by atoms with Crippen LogP contribution in [0.15, 0.2) is 47.4 Å². The quantitative estimate of drug-likeness (QED) is 0.812. The van der Waals surface area contributed by atoms with E-state index in [0.29, 0.717) is 6.54 Å². The van der Waals surface area contributed by atoms with Crippen LogP contribution in [0.2, 0.25) is 0 Å². The minimum atomic E-state index is -0.307. The van der Waals surface area contributed by atoms with Crippen molar-refractivity contribution >= 4 is 0 Å². The van der Waals surface area contributed by atoms with Gasteiger partial charge in [0.1, 0.15) is 5.82 Å². The SMILES string of the molecule is COc1cccn(Cc2cccc(F)c2)c1=O. The van der Waals surface area contributed by atoms with Crippen LogP contribution in [0, 0.1) is 5.82 Å². The standard InChI is InChI=1S/C13H12FNO2/c1-17-12-6-3-7-15(13(12)16)9-10-4-2-5-11(14)8-10/h2-8H,9H2,1H3. The third kappa shape index (κ3) is 2.53. The van der Waals surface area contributed by atoms with Crippen molar-refractivity contribution in [1.29, 1.82) is 0 Å². The number of rotatable bonds is 3. The van der Waals surface area contributed by atoms with E-state index in [1.807, 2.05) is 0 Å². The molecule has 2 rings (SSSR count). The molecule has 17 heavy (non-hydrogen) atoms. The van der Waals surface area contributed by atoms with Gasteiger partial charge in [-0.1, -0.05) is 12.1 Å². The van der Waals surface area contributed by atoms with Crippen LogP contribution in [-0.2, 0) is 6.54 Å². The molecule has 0 radical (unpaired) electrons. The molecule has 0 amide bonds. The first-order chi connectivity index (χ1) is 8.20. The Bertz CT molecular complexity index is 578. The number of halogens is 1. The summed E-state index contributed by atoms with van der Waals surface area (Å²) in [4.78, 5) is 11.8. The summed E-state index contributed by atoms with van der Waals surface area (Å²) < 4.78 is 19.4. The molecule has 0 fully saturated rings. The van der Waals surface area contributed by atoms with Crippen molar-refractivity contribution in [3.8, 4) is 5.75 Å². The first-order valence-corrected chi connectivity index (χ1v) is 5.18. The van der Waals surface area contributed by atoms with Gasteiger partial charge in [-0.3, -0.25) is 4.79 Å². The molecule has 4 heteroatoms. The molecule has 88 valence electrons. The Morgan fingerprint density at radius 3 is 2.82 bits per heavy atom. The van der Waals surface area contributed by atoms with E-state index in [1.165, 1.54) is 23.8 Å². The molecule has 0 atom stereocenters. The van der Waals surface area contributed by atoms with Crippen LogP contribution in [-0.4, -0.2) is 11.7 Å². The topological polar surface area (TPSA) is 31.2 Å². The fraction of sp³-hybridized carbons (Fsp3) is 0.154. The van der Waals surface area contributed by atoms with Gasteiger partial charge in [0.25, 0.3) is 5.56 Å². The summed E-state index contributed by atoms with van der Waals surface area (Å²) in [5.74, 6) is -0.0256. The third-order valence-electron chi connectivity index (χ3n) is 2.45. The van der Waals surface area contributed by atoms with E-state index < -0.39 is 0 Å². The molecule has 0 N–H and O–H groups in total. The van der Waals surface area contributed by atoms with E-state index in [-0.39, 0.29) is 17.1 Å². The highest BCUT2D eigenvalue weighted by Gasteiger charge is 2.03. The van der Waals surface area contributed by atoms with Crippen LogP contribution >= 0.6 is 0 Å². The van der Waals surface area contributed by atoms with Crippen molar-refractivity contribution in [2.45, 2.75) is 6.54 Å². The van der Waals surface area contributed by atoms with Gasteiger partial charge < -0.3 is 9.30 Å². The van der Waals surface area contributed by atoms with E-state index in [1.54, 1.807) is 30.5 Å². The maximum atomic E-state index is 13.0. The van der Waals surface area contributed by atoms with E-state index in [2.05, 4.69) is 0 Å². The Labute approximate surface area is 98.1 Å². The Hall–Kier alpha value is -2.10.